The van der Waals surface area contributed by atoms with Crippen LogP contribution in [0.2, 0.25) is 0 Å². The van der Waals surface area contributed by atoms with Gasteiger partial charge in [0.05, 0.1) is 6.61 Å². The van der Waals surface area contributed by atoms with Crippen LogP contribution in [0.5, 0.6) is 5.75 Å². The van der Waals surface area contributed by atoms with E-state index in [2.05, 4.69) is 0 Å². The minimum atomic E-state index is -0.517. The Morgan fingerprint density at radius 2 is 2.17 bits per heavy atom. The molecule has 1 amide bonds. The number of hydrazine groups is 1. The van der Waals surface area contributed by atoms with Crippen molar-refractivity contribution in [2.75, 3.05) is 6.61 Å². The molecule has 0 fully saturated rings. The van der Waals surface area contributed by atoms with Crippen LogP contribution in [-0.4, -0.2) is 18.8 Å². The van der Waals surface area contributed by atoms with Crippen LogP contribution in [0.1, 0.15) is 29.6 Å². The molecule has 0 aromatic heterocycles. The summed E-state index contributed by atoms with van der Waals surface area (Å²) in [5.74, 6) is 4.48. The van der Waals surface area contributed by atoms with Crippen molar-refractivity contribution in [1.82, 2.24) is 5.43 Å². The number of rotatable bonds is 7. The Labute approximate surface area is 104 Å². The molecule has 1 aromatic rings. The summed E-state index contributed by atoms with van der Waals surface area (Å²) in [5, 5.41) is 0. The molecule has 0 aliphatic heterocycles. The molecule has 0 bridgehead atoms. The molecule has 0 saturated heterocycles. The molecule has 0 atom stereocenters. The lowest BCUT2D eigenvalue weighted by Gasteiger charge is -2.06. The van der Waals surface area contributed by atoms with Gasteiger partial charge in [-0.2, -0.15) is 0 Å². The third kappa shape index (κ3) is 4.92. The number of carbonyl (C=O) groups excluding carboxylic acids is 2. The molecule has 98 valence electrons. The lowest BCUT2D eigenvalue weighted by Crippen LogP contribution is -2.29. The van der Waals surface area contributed by atoms with Crippen molar-refractivity contribution in [1.29, 1.82) is 0 Å². The zero-order valence-corrected chi connectivity index (χ0v) is 9.82. The highest BCUT2D eigenvalue weighted by Gasteiger charge is 2.02. The molecule has 18 heavy (non-hydrogen) atoms. The molecular weight excluding hydrogens is 239 g/mol. The smallest absolute Gasteiger partial charge is 0.233 e. The van der Waals surface area contributed by atoms with Gasteiger partial charge >= 0.3 is 0 Å². The molecule has 0 heterocycles. The van der Waals surface area contributed by atoms with Crippen molar-refractivity contribution in [3.05, 3.63) is 29.6 Å². The van der Waals surface area contributed by atoms with E-state index < -0.39 is 5.82 Å². The first-order chi connectivity index (χ1) is 8.65. The van der Waals surface area contributed by atoms with Gasteiger partial charge in [-0.25, -0.2) is 10.2 Å². The van der Waals surface area contributed by atoms with E-state index in [4.69, 9.17) is 10.6 Å². The van der Waals surface area contributed by atoms with Gasteiger partial charge in [-0.3, -0.25) is 15.0 Å². The van der Waals surface area contributed by atoms with Crippen molar-refractivity contribution in [3.63, 3.8) is 0 Å². The second-order valence-electron chi connectivity index (χ2n) is 3.71. The molecule has 6 heteroatoms. The van der Waals surface area contributed by atoms with Crippen LogP contribution in [-0.2, 0) is 4.79 Å². The Morgan fingerprint density at radius 3 is 2.83 bits per heavy atom. The summed E-state index contributed by atoms with van der Waals surface area (Å²) < 4.78 is 18.3. The molecule has 0 aliphatic carbocycles. The van der Waals surface area contributed by atoms with Crippen LogP contribution in [0, 0.1) is 5.82 Å². The third-order valence-corrected chi connectivity index (χ3v) is 2.26. The van der Waals surface area contributed by atoms with Crippen molar-refractivity contribution >= 4 is 12.2 Å². The topological polar surface area (TPSA) is 81.4 Å². The number of hydrogen-bond acceptors (Lipinski definition) is 4. The molecular formula is C12H15FN2O3. The molecule has 3 N–H and O–H groups in total. The van der Waals surface area contributed by atoms with Crippen LogP contribution in [0.3, 0.4) is 0 Å². The summed E-state index contributed by atoms with van der Waals surface area (Å²) in [5.41, 5.74) is 2.26. The van der Waals surface area contributed by atoms with Crippen LogP contribution in [0.15, 0.2) is 18.2 Å². The van der Waals surface area contributed by atoms with E-state index in [9.17, 15) is 14.0 Å². The van der Waals surface area contributed by atoms with Gasteiger partial charge in [0.25, 0.3) is 0 Å². The third-order valence-electron chi connectivity index (χ3n) is 2.26. The monoisotopic (exact) mass is 254 g/mol. The average Bonchev–Trinajstić information content (AvgIpc) is 2.37. The van der Waals surface area contributed by atoms with E-state index in [0.717, 1.165) is 6.07 Å². The average molecular weight is 254 g/mol. The van der Waals surface area contributed by atoms with Gasteiger partial charge in [0.15, 0.2) is 0 Å². The van der Waals surface area contributed by atoms with Crippen LogP contribution < -0.4 is 16.0 Å². The Bertz CT molecular complexity index is 424. The quantitative estimate of drug-likeness (QED) is 0.252. The zero-order valence-electron chi connectivity index (χ0n) is 9.82. The van der Waals surface area contributed by atoms with Gasteiger partial charge in [0.1, 0.15) is 17.9 Å². The fourth-order valence-corrected chi connectivity index (χ4v) is 1.39. The summed E-state index contributed by atoms with van der Waals surface area (Å²) in [7, 11) is 0. The maximum atomic E-state index is 13.0. The molecule has 0 spiro atoms. The number of nitrogens with one attached hydrogen (secondary N) is 1. The first kappa shape index (κ1) is 14.1. The van der Waals surface area contributed by atoms with E-state index in [1.54, 1.807) is 0 Å². The number of halogens is 1. The molecule has 0 aliphatic rings. The van der Waals surface area contributed by atoms with Crippen LogP contribution in [0.4, 0.5) is 4.39 Å². The highest BCUT2D eigenvalue weighted by Crippen LogP contribution is 2.15. The van der Waals surface area contributed by atoms with Crippen molar-refractivity contribution in [2.24, 2.45) is 5.84 Å². The summed E-state index contributed by atoms with van der Waals surface area (Å²) >= 11 is 0. The maximum absolute atomic E-state index is 13.0. The maximum Gasteiger partial charge on any atom is 0.233 e. The van der Waals surface area contributed by atoms with Crippen LogP contribution >= 0.6 is 0 Å². The predicted molar refractivity (Wildman–Crippen MR) is 63.5 cm³/mol. The Balaban J connectivity index is 2.33. The number of carbonyl (C=O) groups is 2. The zero-order chi connectivity index (χ0) is 13.4. The lowest BCUT2D eigenvalue weighted by molar-refractivity contribution is -0.121. The van der Waals surface area contributed by atoms with Crippen LogP contribution in [0.25, 0.3) is 0 Å². The minimum absolute atomic E-state index is 0.229. The summed E-state index contributed by atoms with van der Waals surface area (Å²) in [4.78, 5) is 21.3. The fraction of sp³-hybridized carbons (Fsp3) is 0.333. The Morgan fingerprint density at radius 1 is 1.39 bits per heavy atom. The summed E-state index contributed by atoms with van der Waals surface area (Å²) in [6.07, 6.45) is 2.14. The van der Waals surface area contributed by atoms with E-state index >= 15 is 0 Å². The molecule has 1 rings (SSSR count). The van der Waals surface area contributed by atoms with Crippen molar-refractivity contribution < 1.29 is 18.7 Å². The first-order valence-corrected chi connectivity index (χ1v) is 5.53. The number of unbranched alkanes of at least 4 members (excludes halogenated alkanes) is 1. The van der Waals surface area contributed by atoms with E-state index in [-0.39, 0.29) is 11.5 Å². The van der Waals surface area contributed by atoms with Gasteiger partial charge < -0.3 is 4.74 Å². The van der Waals surface area contributed by atoms with E-state index in [1.807, 2.05) is 5.43 Å². The number of amides is 1. The summed E-state index contributed by atoms with van der Waals surface area (Å²) in [6.45, 7) is 0.347. The standard InChI is InChI=1S/C12H15FN2O3/c13-10-5-9(8-16)6-11(7-10)18-4-2-1-3-12(17)15-14/h5-8H,1-4,14H2,(H,15,17). The van der Waals surface area contributed by atoms with E-state index in [0.29, 0.717) is 37.9 Å². The van der Waals surface area contributed by atoms with Gasteiger partial charge in [0.2, 0.25) is 5.91 Å². The lowest BCUT2D eigenvalue weighted by atomic mass is 10.2. The second-order valence-corrected chi connectivity index (χ2v) is 3.71. The number of ether oxygens (including phenoxy) is 1. The van der Waals surface area contributed by atoms with Gasteiger partial charge in [0, 0.05) is 18.1 Å². The number of aldehydes is 1. The molecule has 1 aromatic carbocycles. The van der Waals surface area contributed by atoms with Crippen molar-refractivity contribution in [2.45, 2.75) is 19.3 Å². The predicted octanol–water partition coefficient (Wildman–Crippen LogP) is 1.18. The van der Waals surface area contributed by atoms with Gasteiger partial charge in [-0.1, -0.05) is 0 Å². The van der Waals surface area contributed by atoms with Gasteiger partial charge in [-0.15, -0.1) is 0 Å². The Kier molecular flexibility index (Phi) is 5.79. The van der Waals surface area contributed by atoms with Gasteiger partial charge in [-0.05, 0) is 25.0 Å². The second kappa shape index (κ2) is 7.39. The largest absolute Gasteiger partial charge is 0.493 e. The Hall–Kier alpha value is -1.95. The molecule has 0 radical (unpaired) electrons. The van der Waals surface area contributed by atoms with Crippen molar-refractivity contribution in [3.8, 4) is 5.75 Å². The minimum Gasteiger partial charge on any atom is -0.493 e. The van der Waals surface area contributed by atoms with E-state index in [1.165, 1.54) is 12.1 Å². The number of nitrogens with two attached hydrogens (primary N) is 1. The number of benzene rings is 1. The highest BCUT2D eigenvalue weighted by atomic mass is 19.1. The molecule has 5 nitrogen and oxygen atoms in total. The summed E-state index contributed by atoms with van der Waals surface area (Å²) in [6, 6.07) is 3.80. The molecule has 0 saturated carbocycles. The fourth-order valence-electron chi connectivity index (χ4n) is 1.39. The normalized spacial score (nSPS) is 9.89. The highest BCUT2D eigenvalue weighted by molar-refractivity contribution is 5.75. The SMILES string of the molecule is NNC(=O)CCCCOc1cc(F)cc(C=O)c1. The first-order valence-electron chi connectivity index (χ1n) is 5.53. The number of hydrogen-bond donors (Lipinski definition) is 2. The molecule has 0 unspecified atom stereocenters.